The van der Waals surface area contributed by atoms with Crippen LogP contribution >= 0.6 is 0 Å². The fourth-order valence-corrected chi connectivity index (χ4v) is 3.18. The van der Waals surface area contributed by atoms with Crippen LogP contribution in [0.15, 0.2) is 24.3 Å². The Morgan fingerprint density at radius 3 is 1.97 bits per heavy atom. The van der Waals surface area contributed by atoms with Crippen molar-refractivity contribution in [3.8, 4) is 5.75 Å². The number of carboxylic acid groups (broad SMARTS) is 1. The molecular weight excluding hydrogens is 442 g/mol. The summed E-state index contributed by atoms with van der Waals surface area (Å²) in [4.78, 5) is 49.8. The number of amides is 3. The number of hydrogen-bond acceptors (Lipinski definition) is 7. The summed E-state index contributed by atoms with van der Waals surface area (Å²) in [5.74, 6) is -3.25. The molecule has 4 unspecified atom stereocenters. The number of nitrogens with two attached hydrogens (primary N) is 2. The summed E-state index contributed by atoms with van der Waals surface area (Å²) in [6.07, 6.45) is 1.36. The van der Waals surface area contributed by atoms with Crippen molar-refractivity contribution < 1.29 is 29.4 Å². The molecule has 0 heterocycles. The van der Waals surface area contributed by atoms with Crippen molar-refractivity contribution >= 4 is 23.7 Å². The second-order valence-electron chi connectivity index (χ2n) is 8.63. The zero-order valence-corrected chi connectivity index (χ0v) is 19.9. The van der Waals surface area contributed by atoms with Gasteiger partial charge >= 0.3 is 5.97 Å². The standard InChI is InChI=1S/C23H37N5O6/c1-13(2)19(28-20(30)14(3)25)22(32)27-18(12-15-7-9-16(29)10-8-15)21(31)26-17(23(33)34)6-4-5-11-24/h7-10,13-14,17-19,29H,4-6,11-12,24-25H2,1-3H3,(H,26,31)(H,27,32)(H,28,30)(H,33,34). The highest BCUT2D eigenvalue weighted by molar-refractivity contribution is 5.94. The van der Waals surface area contributed by atoms with Gasteiger partial charge in [-0.1, -0.05) is 26.0 Å². The van der Waals surface area contributed by atoms with Gasteiger partial charge in [-0.2, -0.15) is 0 Å². The first-order valence-corrected chi connectivity index (χ1v) is 11.3. The molecule has 1 aromatic carbocycles. The van der Waals surface area contributed by atoms with E-state index in [2.05, 4.69) is 16.0 Å². The molecule has 1 rings (SSSR count). The smallest absolute Gasteiger partial charge is 0.326 e. The molecule has 0 bridgehead atoms. The molecule has 0 aliphatic carbocycles. The Kier molecular flexibility index (Phi) is 12.0. The summed E-state index contributed by atoms with van der Waals surface area (Å²) in [7, 11) is 0. The molecule has 34 heavy (non-hydrogen) atoms. The number of unbranched alkanes of at least 4 members (excludes halogenated alkanes) is 1. The molecule has 190 valence electrons. The van der Waals surface area contributed by atoms with Crippen molar-refractivity contribution in [2.45, 2.75) is 70.6 Å². The Morgan fingerprint density at radius 2 is 1.47 bits per heavy atom. The molecule has 0 aromatic heterocycles. The minimum Gasteiger partial charge on any atom is -0.508 e. The van der Waals surface area contributed by atoms with E-state index >= 15 is 0 Å². The molecule has 0 radical (unpaired) electrons. The second kappa shape index (κ2) is 14.2. The number of aliphatic carboxylic acids is 1. The first-order chi connectivity index (χ1) is 16.0. The van der Waals surface area contributed by atoms with Gasteiger partial charge in [-0.25, -0.2) is 4.79 Å². The second-order valence-corrected chi connectivity index (χ2v) is 8.63. The van der Waals surface area contributed by atoms with Crippen molar-refractivity contribution in [2.75, 3.05) is 6.54 Å². The number of nitrogens with one attached hydrogen (secondary N) is 3. The van der Waals surface area contributed by atoms with E-state index in [9.17, 15) is 29.4 Å². The largest absolute Gasteiger partial charge is 0.508 e. The normalized spacial score (nSPS) is 14.5. The lowest BCUT2D eigenvalue weighted by atomic mass is 10.00. The Bertz CT molecular complexity index is 828. The Morgan fingerprint density at radius 1 is 0.882 bits per heavy atom. The molecule has 0 aliphatic heterocycles. The minimum atomic E-state index is -1.19. The van der Waals surface area contributed by atoms with Crippen LogP contribution in [0.3, 0.4) is 0 Å². The van der Waals surface area contributed by atoms with Gasteiger partial charge in [0, 0.05) is 6.42 Å². The van der Waals surface area contributed by atoms with Crippen molar-refractivity contribution in [1.29, 1.82) is 0 Å². The molecule has 0 saturated carbocycles. The SMILES string of the molecule is CC(N)C(=O)NC(C(=O)NC(Cc1ccc(O)cc1)C(=O)NC(CCCCN)C(=O)O)C(C)C. The molecule has 4 atom stereocenters. The maximum Gasteiger partial charge on any atom is 0.326 e. The van der Waals surface area contributed by atoms with Crippen LogP contribution in [0.25, 0.3) is 0 Å². The van der Waals surface area contributed by atoms with E-state index in [0.717, 1.165) is 0 Å². The lowest BCUT2D eigenvalue weighted by Crippen LogP contribution is -2.58. The molecule has 0 spiro atoms. The van der Waals surface area contributed by atoms with Gasteiger partial charge < -0.3 is 37.6 Å². The van der Waals surface area contributed by atoms with Gasteiger partial charge in [-0.05, 0) is 56.3 Å². The third-order valence-electron chi connectivity index (χ3n) is 5.23. The third-order valence-corrected chi connectivity index (χ3v) is 5.23. The van der Waals surface area contributed by atoms with Crippen LogP contribution in [0, 0.1) is 5.92 Å². The monoisotopic (exact) mass is 479 g/mol. The van der Waals surface area contributed by atoms with Gasteiger partial charge in [0.1, 0.15) is 23.9 Å². The number of carbonyl (C=O) groups is 4. The third kappa shape index (κ3) is 9.75. The fraction of sp³-hybridized carbons (Fsp3) is 0.565. The van der Waals surface area contributed by atoms with Crippen LogP contribution in [0.5, 0.6) is 5.75 Å². The van der Waals surface area contributed by atoms with E-state index in [1.165, 1.54) is 19.1 Å². The van der Waals surface area contributed by atoms with Crippen molar-refractivity contribution in [1.82, 2.24) is 16.0 Å². The zero-order chi connectivity index (χ0) is 25.8. The Balaban J connectivity index is 3.09. The van der Waals surface area contributed by atoms with Crippen LogP contribution in [-0.2, 0) is 25.6 Å². The van der Waals surface area contributed by atoms with Gasteiger partial charge in [-0.15, -0.1) is 0 Å². The number of carbonyl (C=O) groups excluding carboxylic acids is 3. The molecule has 1 aromatic rings. The number of aromatic hydroxyl groups is 1. The molecule has 11 heteroatoms. The average Bonchev–Trinajstić information content (AvgIpc) is 2.76. The quantitative estimate of drug-likeness (QED) is 0.175. The number of hydrogen-bond donors (Lipinski definition) is 7. The highest BCUT2D eigenvalue weighted by Gasteiger charge is 2.31. The maximum absolute atomic E-state index is 13.0. The summed E-state index contributed by atoms with van der Waals surface area (Å²) in [5, 5.41) is 26.7. The van der Waals surface area contributed by atoms with Crippen molar-refractivity contribution in [2.24, 2.45) is 17.4 Å². The van der Waals surface area contributed by atoms with Gasteiger partial charge in [0.05, 0.1) is 6.04 Å². The Labute approximate surface area is 199 Å². The van der Waals surface area contributed by atoms with Crippen LogP contribution in [0.2, 0.25) is 0 Å². The van der Waals surface area contributed by atoms with Gasteiger partial charge in [0.15, 0.2) is 0 Å². The van der Waals surface area contributed by atoms with Crippen LogP contribution in [0.1, 0.15) is 45.6 Å². The molecule has 11 nitrogen and oxygen atoms in total. The van der Waals surface area contributed by atoms with E-state index < -0.39 is 47.9 Å². The summed E-state index contributed by atoms with van der Waals surface area (Å²) >= 11 is 0. The highest BCUT2D eigenvalue weighted by atomic mass is 16.4. The van der Waals surface area contributed by atoms with Crippen molar-refractivity contribution in [3.63, 3.8) is 0 Å². The van der Waals surface area contributed by atoms with E-state index in [4.69, 9.17) is 11.5 Å². The predicted octanol–water partition coefficient (Wildman–Crippen LogP) is -0.394. The predicted molar refractivity (Wildman–Crippen MR) is 127 cm³/mol. The van der Waals surface area contributed by atoms with Gasteiger partial charge in [-0.3, -0.25) is 14.4 Å². The lowest BCUT2D eigenvalue weighted by molar-refractivity contribution is -0.142. The van der Waals surface area contributed by atoms with E-state index in [0.29, 0.717) is 24.9 Å². The number of rotatable bonds is 14. The lowest BCUT2D eigenvalue weighted by Gasteiger charge is -2.26. The van der Waals surface area contributed by atoms with E-state index in [1.54, 1.807) is 26.0 Å². The molecular formula is C23H37N5O6. The maximum atomic E-state index is 13.0. The van der Waals surface area contributed by atoms with E-state index in [-0.39, 0.29) is 24.5 Å². The Hall–Kier alpha value is -3.18. The first-order valence-electron chi connectivity index (χ1n) is 11.3. The minimum absolute atomic E-state index is 0.0399. The van der Waals surface area contributed by atoms with Crippen LogP contribution < -0.4 is 27.4 Å². The molecule has 3 amide bonds. The number of benzene rings is 1. The zero-order valence-electron chi connectivity index (χ0n) is 19.9. The summed E-state index contributed by atoms with van der Waals surface area (Å²) in [6.45, 7) is 5.36. The van der Waals surface area contributed by atoms with Crippen LogP contribution in [0.4, 0.5) is 0 Å². The topological polar surface area (TPSA) is 197 Å². The first kappa shape index (κ1) is 28.9. The molecule has 0 fully saturated rings. The van der Waals surface area contributed by atoms with Crippen molar-refractivity contribution in [3.05, 3.63) is 29.8 Å². The summed E-state index contributed by atoms with van der Waals surface area (Å²) in [6, 6.07) is 2.03. The van der Waals surface area contributed by atoms with E-state index in [1.807, 2.05) is 0 Å². The fourth-order valence-electron chi connectivity index (χ4n) is 3.18. The number of phenols is 1. The molecule has 0 aliphatic rings. The molecule has 0 saturated heterocycles. The molecule has 9 N–H and O–H groups in total. The van der Waals surface area contributed by atoms with Gasteiger partial charge in [0.25, 0.3) is 0 Å². The highest BCUT2D eigenvalue weighted by Crippen LogP contribution is 2.13. The summed E-state index contributed by atoms with van der Waals surface area (Å²) in [5.41, 5.74) is 11.7. The summed E-state index contributed by atoms with van der Waals surface area (Å²) < 4.78 is 0. The number of phenolic OH excluding ortho intramolecular Hbond substituents is 1. The number of carboxylic acids is 1. The van der Waals surface area contributed by atoms with Crippen LogP contribution in [-0.4, -0.2) is 64.6 Å². The van der Waals surface area contributed by atoms with Gasteiger partial charge in [0.2, 0.25) is 17.7 Å². The average molecular weight is 480 g/mol.